The van der Waals surface area contributed by atoms with Crippen LogP contribution in [0.25, 0.3) is 0 Å². The number of carboxylic acid groups (broad SMARTS) is 1. The predicted octanol–water partition coefficient (Wildman–Crippen LogP) is 1.48. The largest absolute Gasteiger partial charge is 0.493 e. The molecule has 1 N–H and O–H groups in total. The van der Waals surface area contributed by atoms with Gasteiger partial charge in [-0.15, -0.1) is 0 Å². The number of carboxylic acids is 1. The van der Waals surface area contributed by atoms with Crippen LogP contribution in [0.3, 0.4) is 0 Å². The third kappa shape index (κ3) is 3.08. The van der Waals surface area contributed by atoms with Gasteiger partial charge in [0.25, 0.3) is 0 Å². The van der Waals surface area contributed by atoms with Gasteiger partial charge in [0.1, 0.15) is 5.56 Å². The Hall–Kier alpha value is -2.27. The molecule has 0 saturated carbocycles. The number of sulfone groups is 1. The summed E-state index contributed by atoms with van der Waals surface area (Å²) in [6, 6.07) is 3.82. The molecule has 0 aliphatic heterocycles. The minimum Gasteiger partial charge on any atom is -0.493 e. The van der Waals surface area contributed by atoms with Crippen molar-refractivity contribution in [1.82, 2.24) is 0 Å². The SMILES string of the molecule is CCC(C#N)S(=O)(=O)c1cc(OC)c(OC)c(C(=O)O)c1. The molecule has 1 atom stereocenters. The lowest BCUT2D eigenvalue weighted by atomic mass is 10.2. The maximum absolute atomic E-state index is 12.3. The lowest BCUT2D eigenvalue weighted by molar-refractivity contribution is 0.0692. The van der Waals surface area contributed by atoms with Crippen molar-refractivity contribution in [3.8, 4) is 17.6 Å². The van der Waals surface area contributed by atoms with Crippen molar-refractivity contribution in [2.45, 2.75) is 23.5 Å². The normalized spacial score (nSPS) is 12.3. The second-order valence-electron chi connectivity index (χ2n) is 4.08. The summed E-state index contributed by atoms with van der Waals surface area (Å²) < 4.78 is 34.6. The predicted molar refractivity (Wildman–Crippen MR) is 73.4 cm³/mol. The first kappa shape index (κ1) is 16.8. The molecule has 0 fully saturated rings. The van der Waals surface area contributed by atoms with Gasteiger partial charge in [0.15, 0.2) is 26.6 Å². The fourth-order valence-corrected chi connectivity index (χ4v) is 3.27. The van der Waals surface area contributed by atoms with Crippen LogP contribution in [-0.2, 0) is 9.84 Å². The first-order valence-electron chi connectivity index (χ1n) is 5.96. The molecule has 1 unspecified atom stereocenters. The lowest BCUT2D eigenvalue weighted by Gasteiger charge is -2.14. The van der Waals surface area contributed by atoms with E-state index in [2.05, 4.69) is 0 Å². The van der Waals surface area contributed by atoms with Crippen molar-refractivity contribution < 1.29 is 27.8 Å². The van der Waals surface area contributed by atoms with E-state index < -0.39 is 21.1 Å². The van der Waals surface area contributed by atoms with E-state index in [0.29, 0.717) is 0 Å². The van der Waals surface area contributed by atoms with Gasteiger partial charge in [0.2, 0.25) is 0 Å². The van der Waals surface area contributed by atoms with Crippen molar-refractivity contribution in [1.29, 1.82) is 5.26 Å². The Morgan fingerprint density at radius 1 is 1.38 bits per heavy atom. The van der Waals surface area contributed by atoms with Crippen LogP contribution in [0.4, 0.5) is 0 Å². The standard InChI is InChI=1S/C13H15NO6S/c1-4-8(7-14)21(17,18)9-5-10(13(15)16)12(20-3)11(6-9)19-2/h5-6,8H,4H2,1-3H3,(H,15,16). The summed E-state index contributed by atoms with van der Waals surface area (Å²) in [4.78, 5) is 11.0. The molecule has 0 aliphatic carbocycles. The quantitative estimate of drug-likeness (QED) is 0.846. The molecular weight excluding hydrogens is 298 g/mol. The van der Waals surface area contributed by atoms with Crippen molar-refractivity contribution in [3.05, 3.63) is 17.7 Å². The van der Waals surface area contributed by atoms with Crippen molar-refractivity contribution in [2.75, 3.05) is 14.2 Å². The van der Waals surface area contributed by atoms with Crippen LogP contribution in [0.15, 0.2) is 17.0 Å². The molecule has 1 rings (SSSR count). The Kier molecular flexibility index (Phi) is 5.16. The molecule has 1 aromatic carbocycles. The van der Waals surface area contributed by atoms with Gasteiger partial charge in [0, 0.05) is 6.07 Å². The summed E-state index contributed by atoms with van der Waals surface area (Å²) in [5, 5.41) is 16.8. The molecule has 0 aromatic heterocycles. The number of benzene rings is 1. The van der Waals surface area contributed by atoms with Crippen LogP contribution in [0.5, 0.6) is 11.5 Å². The fourth-order valence-electron chi connectivity index (χ4n) is 1.81. The van der Waals surface area contributed by atoms with Crippen LogP contribution in [0.2, 0.25) is 0 Å². The Labute approximate surface area is 122 Å². The molecule has 0 heterocycles. The zero-order chi connectivity index (χ0) is 16.2. The molecule has 0 amide bonds. The number of rotatable bonds is 6. The average Bonchev–Trinajstić information content (AvgIpc) is 2.46. The topological polar surface area (TPSA) is 114 Å². The Balaban J connectivity index is 3.64. The maximum atomic E-state index is 12.3. The molecule has 0 spiro atoms. The molecule has 8 heteroatoms. The van der Waals surface area contributed by atoms with E-state index in [1.165, 1.54) is 14.2 Å². The van der Waals surface area contributed by atoms with Crippen molar-refractivity contribution in [3.63, 3.8) is 0 Å². The monoisotopic (exact) mass is 313 g/mol. The molecule has 1 aromatic rings. The number of methoxy groups -OCH3 is 2. The second kappa shape index (κ2) is 6.45. The van der Waals surface area contributed by atoms with Crippen LogP contribution in [-0.4, -0.2) is 39.0 Å². The number of nitrogens with zero attached hydrogens (tertiary/aromatic N) is 1. The number of nitriles is 1. The van der Waals surface area contributed by atoms with E-state index in [1.54, 1.807) is 13.0 Å². The second-order valence-corrected chi connectivity index (χ2v) is 6.21. The van der Waals surface area contributed by atoms with Gasteiger partial charge < -0.3 is 14.6 Å². The number of hydrogen-bond acceptors (Lipinski definition) is 6. The van der Waals surface area contributed by atoms with Crippen molar-refractivity contribution >= 4 is 15.8 Å². The number of carbonyl (C=O) groups is 1. The summed E-state index contributed by atoms with van der Waals surface area (Å²) in [5.74, 6) is -1.45. The highest BCUT2D eigenvalue weighted by Gasteiger charge is 2.29. The summed E-state index contributed by atoms with van der Waals surface area (Å²) in [7, 11) is -1.46. The smallest absolute Gasteiger partial charge is 0.339 e. The van der Waals surface area contributed by atoms with Crippen LogP contribution in [0.1, 0.15) is 23.7 Å². The highest BCUT2D eigenvalue weighted by molar-refractivity contribution is 7.92. The molecule has 0 aliphatic rings. The fraction of sp³-hybridized carbons (Fsp3) is 0.385. The van der Waals surface area contributed by atoms with E-state index in [0.717, 1.165) is 12.1 Å². The van der Waals surface area contributed by atoms with Gasteiger partial charge in [-0.25, -0.2) is 13.2 Å². The lowest BCUT2D eigenvalue weighted by Crippen LogP contribution is -2.19. The molecular formula is C13H15NO6S. The highest BCUT2D eigenvalue weighted by atomic mass is 32.2. The zero-order valence-electron chi connectivity index (χ0n) is 11.8. The minimum atomic E-state index is -3.97. The van der Waals surface area contributed by atoms with Gasteiger partial charge in [-0.3, -0.25) is 0 Å². The number of ether oxygens (including phenoxy) is 2. The Morgan fingerprint density at radius 2 is 2.00 bits per heavy atom. The van der Waals surface area contributed by atoms with Crippen molar-refractivity contribution in [2.24, 2.45) is 0 Å². The van der Waals surface area contributed by atoms with E-state index in [1.807, 2.05) is 0 Å². The van der Waals surface area contributed by atoms with Crippen LogP contribution < -0.4 is 9.47 Å². The van der Waals surface area contributed by atoms with E-state index in [4.69, 9.17) is 19.8 Å². The summed E-state index contributed by atoms with van der Waals surface area (Å²) >= 11 is 0. The summed E-state index contributed by atoms with van der Waals surface area (Å²) in [5.41, 5.74) is -0.344. The highest BCUT2D eigenvalue weighted by Crippen LogP contribution is 2.35. The van der Waals surface area contributed by atoms with E-state index in [-0.39, 0.29) is 28.4 Å². The van der Waals surface area contributed by atoms with Gasteiger partial charge >= 0.3 is 5.97 Å². The first-order valence-corrected chi connectivity index (χ1v) is 7.50. The molecule has 114 valence electrons. The summed E-state index contributed by atoms with van der Waals surface area (Å²) in [6.45, 7) is 1.56. The molecule has 0 radical (unpaired) electrons. The third-order valence-corrected chi connectivity index (χ3v) is 4.98. The zero-order valence-corrected chi connectivity index (χ0v) is 12.6. The van der Waals surface area contributed by atoms with E-state index >= 15 is 0 Å². The van der Waals surface area contributed by atoms with Gasteiger partial charge in [-0.1, -0.05) is 6.92 Å². The van der Waals surface area contributed by atoms with Gasteiger partial charge in [-0.05, 0) is 12.5 Å². The van der Waals surface area contributed by atoms with Gasteiger partial charge in [-0.2, -0.15) is 5.26 Å². The maximum Gasteiger partial charge on any atom is 0.339 e. The molecule has 0 saturated heterocycles. The minimum absolute atomic E-state index is 0.0243. The average molecular weight is 313 g/mol. The number of aromatic carboxylic acids is 1. The van der Waals surface area contributed by atoms with Crippen LogP contribution in [0, 0.1) is 11.3 Å². The summed E-state index contributed by atoms with van der Waals surface area (Å²) in [6.07, 6.45) is 0.0928. The Morgan fingerprint density at radius 3 is 2.38 bits per heavy atom. The third-order valence-electron chi connectivity index (χ3n) is 2.90. The molecule has 7 nitrogen and oxygen atoms in total. The van der Waals surface area contributed by atoms with Gasteiger partial charge in [0.05, 0.1) is 25.2 Å². The molecule has 0 bridgehead atoms. The Bertz CT molecular complexity index is 689. The molecule has 21 heavy (non-hydrogen) atoms. The first-order chi connectivity index (χ1) is 9.83. The number of hydrogen-bond donors (Lipinski definition) is 1. The van der Waals surface area contributed by atoms with Crippen LogP contribution >= 0.6 is 0 Å². The van der Waals surface area contributed by atoms with E-state index in [9.17, 15) is 13.2 Å².